The van der Waals surface area contributed by atoms with E-state index in [1.807, 2.05) is 13.0 Å². The predicted molar refractivity (Wildman–Crippen MR) is 133 cm³/mol. The number of rotatable bonds is 4. The van der Waals surface area contributed by atoms with Gasteiger partial charge in [-0.2, -0.15) is 0 Å². The first-order valence-corrected chi connectivity index (χ1v) is 12.9. The van der Waals surface area contributed by atoms with Gasteiger partial charge in [-0.05, 0) is 55.5 Å². The van der Waals surface area contributed by atoms with Crippen LogP contribution in [-0.2, 0) is 13.1 Å². The highest BCUT2D eigenvalue weighted by molar-refractivity contribution is 5.03. The first-order chi connectivity index (χ1) is 16.3. The summed E-state index contributed by atoms with van der Waals surface area (Å²) in [7, 11) is 0. The van der Waals surface area contributed by atoms with Gasteiger partial charge in [0.15, 0.2) is 12.2 Å². The maximum atomic E-state index is 14.2. The summed E-state index contributed by atoms with van der Waals surface area (Å²) in [5, 5.41) is 3.86. The predicted octanol–water partition coefficient (Wildman–Crippen LogP) is 6.07. The molecule has 0 spiro atoms. The van der Waals surface area contributed by atoms with Crippen LogP contribution in [0.4, 0.5) is 8.78 Å². The van der Waals surface area contributed by atoms with Crippen LogP contribution in [0.5, 0.6) is 0 Å². The zero-order valence-electron chi connectivity index (χ0n) is 22.6. The van der Waals surface area contributed by atoms with Crippen molar-refractivity contribution >= 4 is 0 Å². The van der Waals surface area contributed by atoms with Crippen molar-refractivity contribution in [1.82, 2.24) is 19.9 Å². The molecule has 4 rings (SSSR count). The van der Waals surface area contributed by atoms with E-state index in [9.17, 15) is 8.78 Å². The molecule has 2 aliphatic rings. The molecule has 0 N–H and O–H groups in total. The Balaban J connectivity index is 0.000000196. The Labute approximate surface area is 209 Å². The Morgan fingerprint density at radius 3 is 1.77 bits per heavy atom. The van der Waals surface area contributed by atoms with E-state index in [-0.39, 0.29) is 22.7 Å². The minimum atomic E-state index is -0.747. The average Bonchev–Trinajstić information content (AvgIpc) is 3.38. The largest absolute Gasteiger partial charge is 0.447 e. The monoisotopic (exact) mass is 494 g/mol. The van der Waals surface area contributed by atoms with Crippen molar-refractivity contribution in [2.24, 2.45) is 22.7 Å². The second kappa shape index (κ2) is 11.5. The van der Waals surface area contributed by atoms with Crippen molar-refractivity contribution in [3.05, 3.63) is 35.9 Å². The van der Waals surface area contributed by atoms with Crippen molar-refractivity contribution in [3.8, 4) is 0 Å². The number of likely N-dealkylation sites (tertiary alicyclic amines) is 2. The number of piperidine rings is 2. The van der Waals surface area contributed by atoms with Gasteiger partial charge in [-0.25, -0.2) is 13.8 Å². The first kappa shape index (κ1) is 27.8. The summed E-state index contributed by atoms with van der Waals surface area (Å²) >= 11 is 0. The lowest BCUT2D eigenvalue weighted by Crippen LogP contribution is -2.45. The molecular formula is C27H44F2N4O2. The van der Waals surface area contributed by atoms with E-state index in [0.717, 1.165) is 43.1 Å². The normalized spacial score (nSPS) is 26.9. The summed E-state index contributed by atoms with van der Waals surface area (Å²) < 4.78 is 38.7. The molecule has 0 aliphatic carbocycles. The molecule has 2 aromatic rings. The van der Waals surface area contributed by atoms with E-state index in [4.69, 9.17) is 8.94 Å². The summed E-state index contributed by atoms with van der Waals surface area (Å²) in [6, 6.07) is 1.92. The Hall–Kier alpha value is -1.80. The lowest BCUT2D eigenvalue weighted by molar-refractivity contribution is 0.0202. The molecule has 0 aromatic carbocycles. The van der Waals surface area contributed by atoms with Gasteiger partial charge >= 0.3 is 0 Å². The van der Waals surface area contributed by atoms with Gasteiger partial charge in [-0.3, -0.25) is 9.80 Å². The van der Waals surface area contributed by atoms with E-state index in [1.165, 1.54) is 6.39 Å². The molecule has 2 aliphatic heterocycles. The van der Waals surface area contributed by atoms with Gasteiger partial charge in [0, 0.05) is 19.2 Å². The molecule has 198 valence electrons. The molecule has 2 saturated heterocycles. The highest BCUT2D eigenvalue weighted by Crippen LogP contribution is 2.37. The highest BCUT2D eigenvalue weighted by atomic mass is 19.1. The van der Waals surface area contributed by atoms with Crippen LogP contribution in [0.2, 0.25) is 0 Å². The SMILES string of the molecule is CC(C)(C)C1CCN(Cc2cnco2)CC1F.Cc1cc(CN2CCC(C(C)(C)C)C(F)C2)on1. The highest BCUT2D eigenvalue weighted by Gasteiger charge is 2.38. The molecule has 2 aromatic heterocycles. The smallest absolute Gasteiger partial charge is 0.180 e. The molecule has 2 fully saturated rings. The zero-order valence-corrected chi connectivity index (χ0v) is 22.6. The molecule has 8 heteroatoms. The summed E-state index contributed by atoms with van der Waals surface area (Å²) in [4.78, 5) is 8.10. The molecule has 4 unspecified atom stereocenters. The molecule has 0 radical (unpaired) electrons. The van der Waals surface area contributed by atoms with Crippen LogP contribution in [0.3, 0.4) is 0 Å². The molecule has 0 amide bonds. The Kier molecular flexibility index (Phi) is 9.13. The van der Waals surface area contributed by atoms with Crippen molar-refractivity contribution in [2.45, 2.75) is 86.7 Å². The van der Waals surface area contributed by atoms with Crippen LogP contribution in [0, 0.1) is 29.6 Å². The molecule has 0 bridgehead atoms. The van der Waals surface area contributed by atoms with E-state index in [2.05, 4.69) is 61.5 Å². The third-order valence-electron chi connectivity index (χ3n) is 7.39. The van der Waals surface area contributed by atoms with Gasteiger partial charge in [-0.15, -0.1) is 0 Å². The third kappa shape index (κ3) is 8.10. The summed E-state index contributed by atoms with van der Waals surface area (Å²) in [5.41, 5.74) is 0.984. The second-order valence-electron chi connectivity index (χ2n) is 12.4. The fraction of sp³-hybridized carbons (Fsp3) is 0.778. The Bertz CT molecular complexity index is 888. The van der Waals surface area contributed by atoms with Gasteiger partial charge in [-0.1, -0.05) is 46.7 Å². The average molecular weight is 495 g/mol. The number of oxazole rings is 1. The molecular weight excluding hydrogens is 450 g/mol. The van der Waals surface area contributed by atoms with Gasteiger partial charge in [0.25, 0.3) is 0 Å². The summed E-state index contributed by atoms with van der Waals surface area (Å²) in [6.07, 6.45) is 3.46. The number of hydrogen-bond acceptors (Lipinski definition) is 6. The van der Waals surface area contributed by atoms with Crippen molar-refractivity contribution in [1.29, 1.82) is 0 Å². The topological polar surface area (TPSA) is 58.5 Å². The maximum absolute atomic E-state index is 14.2. The lowest BCUT2D eigenvalue weighted by Gasteiger charge is -2.40. The Morgan fingerprint density at radius 2 is 1.40 bits per heavy atom. The number of halogens is 2. The molecule has 0 saturated carbocycles. The van der Waals surface area contributed by atoms with Gasteiger partial charge in [0.1, 0.15) is 18.1 Å². The fourth-order valence-electron chi connectivity index (χ4n) is 5.43. The van der Waals surface area contributed by atoms with Crippen LogP contribution < -0.4 is 0 Å². The maximum Gasteiger partial charge on any atom is 0.180 e. The number of nitrogens with zero attached hydrogens (tertiary/aromatic N) is 4. The second-order valence-corrected chi connectivity index (χ2v) is 12.4. The minimum Gasteiger partial charge on any atom is -0.447 e. The molecule has 35 heavy (non-hydrogen) atoms. The first-order valence-electron chi connectivity index (χ1n) is 12.9. The summed E-state index contributed by atoms with van der Waals surface area (Å²) in [5.74, 6) is 1.96. The van der Waals surface area contributed by atoms with E-state index in [0.29, 0.717) is 26.2 Å². The number of alkyl halides is 2. The van der Waals surface area contributed by atoms with Gasteiger partial charge in [0.05, 0.1) is 25.0 Å². The molecule has 4 atom stereocenters. The minimum absolute atomic E-state index is 0.0499. The van der Waals surface area contributed by atoms with E-state index < -0.39 is 12.3 Å². The summed E-state index contributed by atoms with van der Waals surface area (Å²) in [6.45, 7) is 18.8. The quantitative estimate of drug-likeness (QED) is 0.514. The van der Waals surface area contributed by atoms with E-state index in [1.54, 1.807) is 6.20 Å². The van der Waals surface area contributed by atoms with Crippen LogP contribution in [0.1, 0.15) is 71.6 Å². The van der Waals surface area contributed by atoms with Crippen LogP contribution >= 0.6 is 0 Å². The van der Waals surface area contributed by atoms with Crippen molar-refractivity contribution in [2.75, 3.05) is 26.2 Å². The van der Waals surface area contributed by atoms with Crippen molar-refractivity contribution in [3.63, 3.8) is 0 Å². The van der Waals surface area contributed by atoms with Crippen LogP contribution in [-0.4, -0.2) is 58.5 Å². The zero-order chi connectivity index (χ0) is 25.8. The number of hydrogen-bond donors (Lipinski definition) is 0. The lowest BCUT2D eigenvalue weighted by atomic mass is 9.74. The third-order valence-corrected chi connectivity index (χ3v) is 7.39. The van der Waals surface area contributed by atoms with Crippen LogP contribution in [0.25, 0.3) is 0 Å². The number of aromatic nitrogens is 2. The van der Waals surface area contributed by atoms with Gasteiger partial charge in [0.2, 0.25) is 0 Å². The molecule has 6 nitrogen and oxygen atoms in total. The Morgan fingerprint density at radius 1 is 0.886 bits per heavy atom. The van der Waals surface area contributed by atoms with E-state index >= 15 is 0 Å². The van der Waals surface area contributed by atoms with Crippen LogP contribution in [0.15, 0.2) is 27.6 Å². The van der Waals surface area contributed by atoms with Crippen molar-refractivity contribution < 1.29 is 17.7 Å². The molecule has 4 heterocycles. The standard InChI is InChI=1S/C14H23FN2O.C13H21FN2O/c1-10-7-11(18-16-10)8-17-6-5-12(13(15)9-17)14(2,3)4;1-13(2,3)11-4-5-16(8-12(11)14)7-10-6-15-9-17-10/h7,12-13H,5-6,8-9H2,1-4H3;6,9,11-12H,4-5,7-8H2,1-3H3. The fourth-order valence-corrected chi connectivity index (χ4v) is 5.43. The van der Waals surface area contributed by atoms with Gasteiger partial charge < -0.3 is 8.94 Å². The number of aryl methyl sites for hydroxylation is 1.